The maximum absolute atomic E-state index is 13.1. The molecule has 0 spiro atoms. The van der Waals surface area contributed by atoms with Crippen molar-refractivity contribution in [3.8, 4) is 0 Å². The number of benzene rings is 1. The molecule has 1 aromatic carbocycles. The third-order valence-corrected chi connectivity index (χ3v) is 5.55. The van der Waals surface area contributed by atoms with Crippen molar-refractivity contribution in [1.29, 1.82) is 0 Å². The minimum absolute atomic E-state index is 0.0721. The zero-order valence-corrected chi connectivity index (χ0v) is 16.2. The predicted octanol–water partition coefficient (Wildman–Crippen LogP) is 1.46. The molecular formula is C21H24FN5O2. The van der Waals surface area contributed by atoms with Gasteiger partial charge in [-0.1, -0.05) is 0 Å². The number of piperazine rings is 2. The van der Waals surface area contributed by atoms with Crippen molar-refractivity contribution in [2.45, 2.75) is 0 Å². The fourth-order valence-corrected chi connectivity index (χ4v) is 3.80. The first-order valence-corrected chi connectivity index (χ1v) is 9.84. The number of rotatable bonds is 4. The molecule has 3 heterocycles. The van der Waals surface area contributed by atoms with Crippen molar-refractivity contribution in [2.24, 2.45) is 0 Å². The lowest BCUT2D eigenvalue weighted by Gasteiger charge is -2.36. The summed E-state index contributed by atoms with van der Waals surface area (Å²) >= 11 is 0. The van der Waals surface area contributed by atoms with Gasteiger partial charge in [0.05, 0.1) is 0 Å². The molecule has 1 aromatic heterocycles. The second-order valence-corrected chi connectivity index (χ2v) is 7.28. The average Bonchev–Trinajstić information content (AvgIpc) is 2.79. The van der Waals surface area contributed by atoms with Crippen molar-refractivity contribution in [1.82, 2.24) is 14.8 Å². The van der Waals surface area contributed by atoms with Crippen molar-refractivity contribution >= 4 is 23.7 Å². The highest BCUT2D eigenvalue weighted by molar-refractivity contribution is 5.93. The van der Waals surface area contributed by atoms with Gasteiger partial charge in [-0.15, -0.1) is 0 Å². The van der Waals surface area contributed by atoms with Crippen LogP contribution >= 0.6 is 0 Å². The Kier molecular flexibility index (Phi) is 5.59. The van der Waals surface area contributed by atoms with E-state index in [4.69, 9.17) is 0 Å². The number of amides is 2. The number of carbonyl (C=O) groups is 2. The van der Waals surface area contributed by atoms with E-state index in [9.17, 15) is 14.0 Å². The van der Waals surface area contributed by atoms with E-state index in [1.54, 1.807) is 23.2 Å². The third-order valence-electron chi connectivity index (χ3n) is 5.55. The van der Waals surface area contributed by atoms with Gasteiger partial charge < -0.3 is 19.6 Å². The van der Waals surface area contributed by atoms with Crippen LogP contribution < -0.4 is 9.80 Å². The summed E-state index contributed by atoms with van der Waals surface area (Å²) < 4.78 is 13.1. The SMILES string of the molecule is O=CN1CCN(c2ccnc(C(=O)N3CCN(c4ccc(F)cc4)CC3)c2)CC1. The van der Waals surface area contributed by atoms with E-state index in [-0.39, 0.29) is 11.7 Å². The molecule has 4 rings (SSSR count). The van der Waals surface area contributed by atoms with Gasteiger partial charge in [-0.25, -0.2) is 4.39 Å². The molecule has 2 aromatic rings. The Hall–Kier alpha value is -3.16. The molecule has 29 heavy (non-hydrogen) atoms. The summed E-state index contributed by atoms with van der Waals surface area (Å²) in [6.07, 6.45) is 2.55. The minimum atomic E-state index is -0.249. The van der Waals surface area contributed by atoms with Gasteiger partial charge in [0.15, 0.2) is 0 Å². The van der Waals surface area contributed by atoms with Gasteiger partial charge in [0.2, 0.25) is 6.41 Å². The maximum atomic E-state index is 13.1. The fraction of sp³-hybridized carbons (Fsp3) is 0.381. The van der Waals surface area contributed by atoms with E-state index < -0.39 is 0 Å². The van der Waals surface area contributed by atoms with Crippen LogP contribution in [0.3, 0.4) is 0 Å². The summed E-state index contributed by atoms with van der Waals surface area (Å²) in [4.78, 5) is 36.0. The molecule has 2 amide bonds. The normalized spacial score (nSPS) is 17.4. The number of hydrogen-bond donors (Lipinski definition) is 0. The van der Waals surface area contributed by atoms with E-state index >= 15 is 0 Å². The first-order chi connectivity index (χ1) is 14.1. The zero-order valence-electron chi connectivity index (χ0n) is 16.2. The molecule has 2 saturated heterocycles. The Morgan fingerprint density at radius 2 is 1.48 bits per heavy atom. The van der Waals surface area contributed by atoms with E-state index in [1.807, 2.05) is 17.0 Å². The first kappa shape index (κ1) is 19.2. The fourth-order valence-electron chi connectivity index (χ4n) is 3.80. The first-order valence-electron chi connectivity index (χ1n) is 9.84. The van der Waals surface area contributed by atoms with Crippen molar-refractivity contribution in [3.63, 3.8) is 0 Å². The molecule has 0 aliphatic carbocycles. The average molecular weight is 397 g/mol. The van der Waals surface area contributed by atoms with E-state index in [0.717, 1.165) is 30.9 Å². The summed E-state index contributed by atoms with van der Waals surface area (Å²) in [6.45, 7) is 5.44. The second kappa shape index (κ2) is 8.46. The summed E-state index contributed by atoms with van der Waals surface area (Å²) in [5.74, 6) is -0.321. The molecule has 0 atom stereocenters. The Morgan fingerprint density at radius 3 is 2.14 bits per heavy atom. The van der Waals surface area contributed by atoms with Gasteiger partial charge >= 0.3 is 0 Å². The molecule has 2 aliphatic rings. The number of anilines is 2. The third kappa shape index (κ3) is 4.31. The Morgan fingerprint density at radius 1 is 0.862 bits per heavy atom. The van der Waals surface area contributed by atoms with Crippen LogP contribution in [0.4, 0.5) is 15.8 Å². The minimum Gasteiger partial charge on any atom is -0.368 e. The molecule has 152 valence electrons. The lowest BCUT2D eigenvalue weighted by Crippen LogP contribution is -2.49. The number of aromatic nitrogens is 1. The van der Waals surface area contributed by atoms with Crippen molar-refractivity contribution in [2.75, 3.05) is 62.2 Å². The monoisotopic (exact) mass is 397 g/mol. The molecule has 0 unspecified atom stereocenters. The number of halogens is 1. The largest absolute Gasteiger partial charge is 0.368 e. The van der Waals surface area contributed by atoms with Gasteiger partial charge in [0, 0.05) is 69.9 Å². The molecule has 7 nitrogen and oxygen atoms in total. The molecular weight excluding hydrogens is 373 g/mol. The van der Waals surface area contributed by atoms with E-state index in [1.165, 1.54) is 12.1 Å². The molecule has 0 radical (unpaired) electrons. The number of nitrogens with zero attached hydrogens (tertiary/aromatic N) is 5. The summed E-state index contributed by atoms with van der Waals surface area (Å²) in [7, 11) is 0. The Labute approximate surface area is 169 Å². The number of carbonyl (C=O) groups excluding carboxylic acids is 2. The van der Waals surface area contributed by atoms with Gasteiger partial charge in [-0.3, -0.25) is 14.6 Å². The lowest BCUT2D eigenvalue weighted by molar-refractivity contribution is -0.118. The van der Waals surface area contributed by atoms with Crippen LogP contribution in [0.2, 0.25) is 0 Å². The quantitative estimate of drug-likeness (QED) is 0.731. The molecule has 2 aliphatic heterocycles. The second-order valence-electron chi connectivity index (χ2n) is 7.28. The molecule has 8 heteroatoms. The molecule has 0 saturated carbocycles. The van der Waals surface area contributed by atoms with Crippen LogP contribution in [0.1, 0.15) is 10.5 Å². The summed E-state index contributed by atoms with van der Waals surface area (Å²) in [5.41, 5.74) is 2.36. The predicted molar refractivity (Wildman–Crippen MR) is 109 cm³/mol. The van der Waals surface area contributed by atoms with Gasteiger partial charge in [0.25, 0.3) is 5.91 Å². The van der Waals surface area contributed by atoms with Gasteiger partial charge in [-0.2, -0.15) is 0 Å². The highest BCUT2D eigenvalue weighted by Gasteiger charge is 2.24. The Bertz CT molecular complexity index is 860. The van der Waals surface area contributed by atoms with E-state index in [2.05, 4.69) is 14.8 Å². The van der Waals surface area contributed by atoms with Crippen LogP contribution in [-0.4, -0.2) is 79.5 Å². The Balaban J connectivity index is 1.38. The standard InChI is InChI=1S/C21H24FN5O2/c22-17-1-3-18(4-2-17)25-11-13-27(14-12-25)21(29)20-15-19(5-6-23-20)26-9-7-24(16-28)8-10-26/h1-6,15-16H,7-14H2. The van der Waals surface area contributed by atoms with Gasteiger partial charge in [-0.05, 0) is 36.4 Å². The van der Waals surface area contributed by atoms with Crippen molar-refractivity contribution in [3.05, 3.63) is 54.1 Å². The molecule has 2 fully saturated rings. The topological polar surface area (TPSA) is 60.0 Å². The molecule has 0 bridgehead atoms. The van der Waals surface area contributed by atoms with Crippen LogP contribution in [0.5, 0.6) is 0 Å². The van der Waals surface area contributed by atoms with Crippen LogP contribution in [0.25, 0.3) is 0 Å². The number of pyridine rings is 1. The van der Waals surface area contributed by atoms with Crippen LogP contribution in [-0.2, 0) is 4.79 Å². The maximum Gasteiger partial charge on any atom is 0.272 e. The van der Waals surface area contributed by atoms with E-state index in [0.29, 0.717) is 45.0 Å². The highest BCUT2D eigenvalue weighted by Crippen LogP contribution is 2.20. The summed E-state index contributed by atoms with van der Waals surface area (Å²) in [6, 6.07) is 10.2. The number of hydrogen-bond acceptors (Lipinski definition) is 5. The van der Waals surface area contributed by atoms with Gasteiger partial charge in [0.1, 0.15) is 11.5 Å². The van der Waals surface area contributed by atoms with Crippen molar-refractivity contribution < 1.29 is 14.0 Å². The van der Waals surface area contributed by atoms with Crippen LogP contribution in [0.15, 0.2) is 42.6 Å². The smallest absolute Gasteiger partial charge is 0.272 e. The lowest BCUT2D eigenvalue weighted by atomic mass is 10.2. The summed E-state index contributed by atoms with van der Waals surface area (Å²) in [5, 5.41) is 0. The van der Waals surface area contributed by atoms with Crippen LogP contribution in [0, 0.1) is 5.82 Å². The highest BCUT2D eigenvalue weighted by atomic mass is 19.1. The molecule has 0 N–H and O–H groups in total. The zero-order chi connectivity index (χ0) is 20.2.